The molecule has 17 heavy (non-hydrogen) atoms. The molecule has 0 aromatic carbocycles. The summed E-state index contributed by atoms with van der Waals surface area (Å²) in [5.41, 5.74) is 0. The van der Waals surface area contributed by atoms with Crippen molar-refractivity contribution < 1.29 is 22.4 Å². The van der Waals surface area contributed by atoms with E-state index in [0.29, 0.717) is 6.54 Å². The summed E-state index contributed by atoms with van der Waals surface area (Å²) in [6.07, 6.45) is -3.98. The van der Waals surface area contributed by atoms with Gasteiger partial charge in [0.25, 0.3) is 5.91 Å². The second-order valence-electron chi connectivity index (χ2n) is 4.13. The van der Waals surface area contributed by atoms with Crippen LogP contribution in [0.25, 0.3) is 0 Å². The number of hydrogen-bond acceptors (Lipinski definition) is 2. The second-order valence-corrected chi connectivity index (χ2v) is 4.13. The minimum Gasteiger partial charge on any atom is -0.334 e. The quantitative estimate of drug-likeness (QED) is 0.677. The third kappa shape index (κ3) is 4.14. The number of likely N-dealkylation sites (N-methyl/N-ethyl adjacent to an activating group) is 2. The summed E-state index contributed by atoms with van der Waals surface area (Å²) in [4.78, 5) is 13.8. The van der Waals surface area contributed by atoms with E-state index in [9.17, 15) is 22.4 Å². The first-order chi connectivity index (χ1) is 7.64. The summed E-state index contributed by atoms with van der Waals surface area (Å²) in [6, 6.07) is -0.549. The molecule has 0 saturated carbocycles. The highest BCUT2D eigenvalue weighted by Gasteiger charge is 2.51. The fourth-order valence-corrected chi connectivity index (χ4v) is 1.57. The molecule has 0 heterocycles. The fourth-order valence-electron chi connectivity index (χ4n) is 1.57. The van der Waals surface area contributed by atoms with Crippen molar-refractivity contribution in [3.05, 3.63) is 0 Å². The predicted molar refractivity (Wildman–Crippen MR) is 56.4 cm³/mol. The molecule has 0 aromatic heterocycles. The molecule has 1 amide bonds. The summed E-state index contributed by atoms with van der Waals surface area (Å²) in [7, 11) is 3.42. The first-order valence-corrected chi connectivity index (χ1v) is 5.26. The SMILES string of the molecule is CCN(C(=O)C(F)(F)C(F)F)C(C)CN(C)C. The molecule has 0 radical (unpaired) electrons. The molecule has 0 aromatic rings. The number of carbonyl (C=O) groups is 1. The molecule has 0 aliphatic carbocycles. The van der Waals surface area contributed by atoms with Crippen LogP contribution in [-0.4, -0.2) is 61.3 Å². The number of rotatable bonds is 6. The smallest absolute Gasteiger partial charge is 0.334 e. The van der Waals surface area contributed by atoms with Gasteiger partial charge in [-0.25, -0.2) is 8.78 Å². The molecule has 0 fully saturated rings. The van der Waals surface area contributed by atoms with Crippen molar-refractivity contribution in [2.75, 3.05) is 27.2 Å². The van der Waals surface area contributed by atoms with Crippen molar-refractivity contribution >= 4 is 5.91 Å². The summed E-state index contributed by atoms with van der Waals surface area (Å²) in [5, 5.41) is 0. The molecule has 7 heteroatoms. The Labute approximate surface area is 98.4 Å². The standard InChI is InChI=1S/C10H18F4N2O/c1-5-16(7(2)6-15(3)4)9(17)10(13,14)8(11)12/h7-8H,5-6H2,1-4H3. The van der Waals surface area contributed by atoms with Crippen molar-refractivity contribution in [1.82, 2.24) is 9.80 Å². The zero-order valence-corrected chi connectivity index (χ0v) is 10.4. The maximum absolute atomic E-state index is 12.9. The molecule has 3 nitrogen and oxygen atoms in total. The fraction of sp³-hybridized carbons (Fsp3) is 0.900. The third-order valence-electron chi connectivity index (χ3n) is 2.32. The number of nitrogens with zero attached hydrogens (tertiary/aromatic N) is 2. The summed E-state index contributed by atoms with van der Waals surface area (Å²) in [6.45, 7) is 3.32. The molecule has 0 bridgehead atoms. The lowest BCUT2D eigenvalue weighted by molar-refractivity contribution is -0.182. The molecule has 0 aliphatic rings. The molecule has 0 aliphatic heterocycles. The highest BCUT2D eigenvalue weighted by molar-refractivity contribution is 5.84. The molecule has 102 valence electrons. The van der Waals surface area contributed by atoms with Gasteiger partial charge in [-0.2, -0.15) is 8.78 Å². The zero-order chi connectivity index (χ0) is 13.8. The molecule has 0 N–H and O–H groups in total. The molecule has 1 atom stereocenters. The highest BCUT2D eigenvalue weighted by atomic mass is 19.3. The molecule has 1 unspecified atom stereocenters. The maximum Gasteiger partial charge on any atom is 0.383 e. The Morgan fingerprint density at radius 3 is 2.06 bits per heavy atom. The number of carbonyl (C=O) groups excluding carboxylic acids is 1. The van der Waals surface area contributed by atoms with E-state index in [0.717, 1.165) is 4.90 Å². The Morgan fingerprint density at radius 2 is 1.76 bits per heavy atom. The van der Waals surface area contributed by atoms with E-state index in [2.05, 4.69) is 0 Å². The Morgan fingerprint density at radius 1 is 1.29 bits per heavy atom. The lowest BCUT2D eigenvalue weighted by Gasteiger charge is -2.32. The van der Waals surface area contributed by atoms with E-state index in [1.807, 2.05) is 0 Å². The first-order valence-electron chi connectivity index (χ1n) is 5.26. The van der Waals surface area contributed by atoms with Crippen LogP contribution < -0.4 is 0 Å². The predicted octanol–water partition coefficient (Wildman–Crippen LogP) is 1.69. The van der Waals surface area contributed by atoms with Crippen molar-refractivity contribution in [3.8, 4) is 0 Å². The first kappa shape index (κ1) is 16.1. The third-order valence-corrected chi connectivity index (χ3v) is 2.32. The van der Waals surface area contributed by atoms with Gasteiger partial charge < -0.3 is 9.80 Å². The summed E-state index contributed by atoms with van der Waals surface area (Å²) >= 11 is 0. The zero-order valence-electron chi connectivity index (χ0n) is 10.4. The van der Waals surface area contributed by atoms with Crippen LogP contribution in [0.1, 0.15) is 13.8 Å². The Hall–Kier alpha value is -0.850. The van der Waals surface area contributed by atoms with E-state index in [-0.39, 0.29) is 6.54 Å². The largest absolute Gasteiger partial charge is 0.383 e. The molecule has 0 saturated heterocycles. The molecule has 0 rings (SSSR count). The average Bonchev–Trinajstić information content (AvgIpc) is 2.16. The van der Waals surface area contributed by atoms with Crippen LogP contribution >= 0.6 is 0 Å². The van der Waals surface area contributed by atoms with Crippen LogP contribution in [0.5, 0.6) is 0 Å². The van der Waals surface area contributed by atoms with Gasteiger partial charge in [0, 0.05) is 19.1 Å². The minimum atomic E-state index is -4.61. The number of alkyl halides is 4. The van der Waals surface area contributed by atoms with Gasteiger partial charge in [0.15, 0.2) is 0 Å². The van der Waals surface area contributed by atoms with Crippen LogP contribution in [0.3, 0.4) is 0 Å². The van der Waals surface area contributed by atoms with Crippen molar-refractivity contribution in [2.24, 2.45) is 0 Å². The Balaban J connectivity index is 4.83. The number of halogens is 4. The van der Waals surface area contributed by atoms with Gasteiger partial charge >= 0.3 is 12.3 Å². The Bertz CT molecular complexity index is 259. The summed E-state index contributed by atoms with van der Waals surface area (Å²) in [5.74, 6) is -6.43. The van der Waals surface area contributed by atoms with Crippen molar-refractivity contribution in [3.63, 3.8) is 0 Å². The van der Waals surface area contributed by atoms with Crippen molar-refractivity contribution in [1.29, 1.82) is 0 Å². The lowest BCUT2D eigenvalue weighted by Crippen LogP contribution is -2.53. The van der Waals surface area contributed by atoms with E-state index in [4.69, 9.17) is 0 Å². The van der Waals surface area contributed by atoms with Crippen LogP contribution in [0.15, 0.2) is 0 Å². The van der Waals surface area contributed by atoms with Crippen LogP contribution in [0.2, 0.25) is 0 Å². The lowest BCUT2D eigenvalue weighted by atomic mass is 10.2. The molecular formula is C10H18F4N2O. The van der Waals surface area contributed by atoms with Gasteiger partial charge in [-0.05, 0) is 27.9 Å². The van der Waals surface area contributed by atoms with E-state index in [1.54, 1.807) is 25.9 Å². The minimum absolute atomic E-state index is 0.0316. The van der Waals surface area contributed by atoms with Crippen LogP contribution in [-0.2, 0) is 4.79 Å². The maximum atomic E-state index is 12.9. The topological polar surface area (TPSA) is 23.6 Å². The van der Waals surface area contributed by atoms with Gasteiger partial charge in [-0.15, -0.1) is 0 Å². The molecule has 0 spiro atoms. The highest BCUT2D eigenvalue weighted by Crippen LogP contribution is 2.26. The monoisotopic (exact) mass is 258 g/mol. The van der Waals surface area contributed by atoms with Crippen molar-refractivity contribution in [2.45, 2.75) is 32.2 Å². The second kappa shape index (κ2) is 6.18. The van der Waals surface area contributed by atoms with Crippen LogP contribution in [0.4, 0.5) is 17.6 Å². The van der Waals surface area contributed by atoms with Gasteiger partial charge in [-0.3, -0.25) is 4.79 Å². The normalized spacial score (nSPS) is 14.2. The number of amides is 1. The average molecular weight is 258 g/mol. The van der Waals surface area contributed by atoms with E-state index >= 15 is 0 Å². The van der Waals surface area contributed by atoms with Gasteiger partial charge in [0.1, 0.15) is 0 Å². The van der Waals surface area contributed by atoms with Crippen LogP contribution in [0, 0.1) is 0 Å². The van der Waals surface area contributed by atoms with Gasteiger partial charge in [-0.1, -0.05) is 0 Å². The molecular weight excluding hydrogens is 240 g/mol. The van der Waals surface area contributed by atoms with E-state index < -0.39 is 24.3 Å². The Kier molecular flexibility index (Phi) is 5.87. The van der Waals surface area contributed by atoms with E-state index in [1.165, 1.54) is 6.92 Å². The van der Waals surface area contributed by atoms with Gasteiger partial charge in [0.05, 0.1) is 0 Å². The number of hydrogen-bond donors (Lipinski definition) is 0. The van der Waals surface area contributed by atoms with Gasteiger partial charge in [0.2, 0.25) is 0 Å². The summed E-state index contributed by atoms with van der Waals surface area (Å²) < 4.78 is 50.0.